The predicted molar refractivity (Wildman–Crippen MR) is 107 cm³/mol. The molecule has 0 radical (unpaired) electrons. The summed E-state index contributed by atoms with van der Waals surface area (Å²) in [6, 6.07) is 7.91. The van der Waals surface area contributed by atoms with E-state index in [9.17, 15) is 4.79 Å². The molecule has 0 aliphatic heterocycles. The van der Waals surface area contributed by atoms with Crippen molar-refractivity contribution < 1.29 is 14.3 Å². The SMILES string of the molecule is CCOC(=O)CCCNC(=NC)N(C)Cc1ccccc1OC.I. The maximum absolute atomic E-state index is 11.3. The number of carbonyl (C=O) groups is 1. The second-order valence-electron chi connectivity index (χ2n) is 5.05. The number of esters is 1. The van der Waals surface area contributed by atoms with E-state index in [-0.39, 0.29) is 29.9 Å². The lowest BCUT2D eigenvalue weighted by Crippen LogP contribution is -2.39. The van der Waals surface area contributed by atoms with Gasteiger partial charge in [0.25, 0.3) is 0 Å². The Labute approximate surface area is 161 Å². The fraction of sp³-hybridized carbons (Fsp3) is 0.529. The van der Waals surface area contributed by atoms with Crippen LogP contribution in [0.15, 0.2) is 29.3 Å². The van der Waals surface area contributed by atoms with Crippen LogP contribution in [-0.2, 0) is 16.1 Å². The number of nitrogens with one attached hydrogen (secondary N) is 1. The number of hydrogen-bond acceptors (Lipinski definition) is 4. The highest BCUT2D eigenvalue weighted by Gasteiger charge is 2.10. The van der Waals surface area contributed by atoms with Crippen LogP contribution in [0.1, 0.15) is 25.3 Å². The monoisotopic (exact) mass is 449 g/mol. The molecule has 0 heterocycles. The summed E-state index contributed by atoms with van der Waals surface area (Å²) >= 11 is 0. The number of methoxy groups -OCH3 is 1. The van der Waals surface area contributed by atoms with Crippen molar-refractivity contribution in [3.05, 3.63) is 29.8 Å². The van der Waals surface area contributed by atoms with Crippen molar-refractivity contribution in [1.29, 1.82) is 0 Å². The molecule has 136 valence electrons. The molecule has 1 aromatic rings. The summed E-state index contributed by atoms with van der Waals surface area (Å²) in [5, 5.41) is 3.25. The Morgan fingerprint density at radius 1 is 1.33 bits per heavy atom. The number of aliphatic imine (C=N–C) groups is 1. The van der Waals surface area contributed by atoms with Gasteiger partial charge in [-0.3, -0.25) is 9.79 Å². The van der Waals surface area contributed by atoms with Crippen LogP contribution in [0.3, 0.4) is 0 Å². The zero-order valence-electron chi connectivity index (χ0n) is 14.9. The molecule has 1 N–H and O–H groups in total. The minimum absolute atomic E-state index is 0. The second-order valence-corrected chi connectivity index (χ2v) is 5.05. The van der Waals surface area contributed by atoms with Gasteiger partial charge in [-0.05, 0) is 19.4 Å². The summed E-state index contributed by atoms with van der Waals surface area (Å²) in [4.78, 5) is 17.6. The molecule has 6 nitrogen and oxygen atoms in total. The zero-order valence-corrected chi connectivity index (χ0v) is 17.2. The highest BCUT2D eigenvalue weighted by molar-refractivity contribution is 14.0. The van der Waals surface area contributed by atoms with Crippen molar-refractivity contribution in [3.8, 4) is 5.75 Å². The predicted octanol–water partition coefficient (Wildman–Crippen LogP) is 2.66. The van der Waals surface area contributed by atoms with Gasteiger partial charge in [-0.25, -0.2) is 0 Å². The molecule has 0 atom stereocenters. The Bertz CT molecular complexity index is 524. The smallest absolute Gasteiger partial charge is 0.305 e. The number of ether oxygens (including phenoxy) is 2. The summed E-state index contributed by atoms with van der Waals surface area (Å²) in [6.07, 6.45) is 1.12. The first-order valence-corrected chi connectivity index (χ1v) is 7.81. The van der Waals surface area contributed by atoms with Gasteiger partial charge in [0, 0.05) is 39.2 Å². The lowest BCUT2D eigenvalue weighted by atomic mass is 10.2. The first-order chi connectivity index (χ1) is 11.1. The number of carbonyl (C=O) groups excluding carboxylic acids is 1. The van der Waals surface area contributed by atoms with Gasteiger partial charge in [0.15, 0.2) is 5.96 Å². The molecule has 0 fully saturated rings. The third kappa shape index (κ3) is 7.85. The second kappa shape index (κ2) is 12.9. The molecule has 0 aliphatic rings. The van der Waals surface area contributed by atoms with Crippen LogP contribution in [0.5, 0.6) is 5.75 Å². The van der Waals surface area contributed by atoms with Crippen molar-refractivity contribution in [2.45, 2.75) is 26.3 Å². The van der Waals surface area contributed by atoms with Crippen LogP contribution >= 0.6 is 24.0 Å². The van der Waals surface area contributed by atoms with Crippen LogP contribution in [0.4, 0.5) is 0 Å². The molecule has 0 bridgehead atoms. The minimum Gasteiger partial charge on any atom is -0.496 e. The number of halogens is 1. The van der Waals surface area contributed by atoms with E-state index in [0.717, 1.165) is 17.3 Å². The van der Waals surface area contributed by atoms with Crippen molar-refractivity contribution in [3.63, 3.8) is 0 Å². The molecular weight excluding hydrogens is 421 g/mol. The Balaban J connectivity index is 0.00000529. The van der Waals surface area contributed by atoms with E-state index in [2.05, 4.69) is 10.3 Å². The van der Waals surface area contributed by atoms with Crippen LogP contribution in [0.2, 0.25) is 0 Å². The molecule has 1 rings (SSSR count). The third-order valence-corrected chi connectivity index (χ3v) is 3.32. The normalized spacial score (nSPS) is 10.6. The fourth-order valence-corrected chi connectivity index (χ4v) is 2.21. The molecule has 0 unspecified atom stereocenters. The fourth-order valence-electron chi connectivity index (χ4n) is 2.21. The van der Waals surface area contributed by atoms with E-state index in [1.165, 1.54) is 0 Å². The summed E-state index contributed by atoms with van der Waals surface area (Å²) in [6.45, 7) is 3.59. The van der Waals surface area contributed by atoms with E-state index in [1.807, 2.05) is 43.1 Å². The van der Waals surface area contributed by atoms with E-state index >= 15 is 0 Å². The summed E-state index contributed by atoms with van der Waals surface area (Å²) in [7, 11) is 5.38. The van der Waals surface area contributed by atoms with Gasteiger partial charge in [-0.1, -0.05) is 18.2 Å². The minimum atomic E-state index is -0.160. The molecule has 0 aromatic heterocycles. The largest absolute Gasteiger partial charge is 0.496 e. The molecule has 7 heteroatoms. The molecule has 1 aromatic carbocycles. The molecule has 0 spiro atoms. The van der Waals surface area contributed by atoms with Gasteiger partial charge in [-0.2, -0.15) is 0 Å². The van der Waals surface area contributed by atoms with Gasteiger partial charge < -0.3 is 19.7 Å². The number of hydrogen-bond donors (Lipinski definition) is 1. The van der Waals surface area contributed by atoms with Gasteiger partial charge in [-0.15, -0.1) is 24.0 Å². The van der Waals surface area contributed by atoms with Crippen LogP contribution in [0, 0.1) is 0 Å². The number of rotatable bonds is 8. The van der Waals surface area contributed by atoms with E-state index < -0.39 is 0 Å². The Hall–Kier alpha value is -1.51. The summed E-state index contributed by atoms with van der Waals surface area (Å²) in [5.74, 6) is 1.48. The number of nitrogens with zero attached hydrogens (tertiary/aromatic N) is 2. The van der Waals surface area contributed by atoms with Gasteiger partial charge in [0.1, 0.15) is 5.75 Å². The molecule has 0 saturated heterocycles. The average molecular weight is 449 g/mol. The number of benzene rings is 1. The average Bonchev–Trinajstić information content (AvgIpc) is 2.55. The highest BCUT2D eigenvalue weighted by atomic mass is 127. The molecule has 0 saturated carbocycles. The molecule has 0 amide bonds. The standard InChI is InChI=1S/C17H27N3O3.HI/c1-5-23-16(21)11-8-12-19-17(18-2)20(3)13-14-9-6-7-10-15(14)22-4;/h6-7,9-10H,5,8,11-13H2,1-4H3,(H,18,19);1H. The van der Waals surface area contributed by atoms with Crippen molar-refractivity contribution in [2.75, 3.05) is 34.4 Å². The first kappa shape index (κ1) is 22.5. The lowest BCUT2D eigenvalue weighted by Gasteiger charge is -2.23. The van der Waals surface area contributed by atoms with Gasteiger partial charge in [0.2, 0.25) is 0 Å². The van der Waals surface area contributed by atoms with Crippen LogP contribution in [-0.4, -0.2) is 51.2 Å². The third-order valence-electron chi connectivity index (χ3n) is 3.32. The summed E-state index contributed by atoms with van der Waals surface area (Å²) in [5.41, 5.74) is 1.09. The van der Waals surface area contributed by atoms with Crippen molar-refractivity contribution in [1.82, 2.24) is 10.2 Å². The number of guanidine groups is 1. The van der Waals surface area contributed by atoms with Crippen LogP contribution in [0.25, 0.3) is 0 Å². The Morgan fingerprint density at radius 3 is 2.67 bits per heavy atom. The topological polar surface area (TPSA) is 63.2 Å². The molecule has 0 aliphatic carbocycles. The van der Waals surface area contributed by atoms with Gasteiger partial charge in [0.05, 0.1) is 13.7 Å². The number of para-hydroxylation sites is 1. The maximum Gasteiger partial charge on any atom is 0.305 e. The summed E-state index contributed by atoms with van der Waals surface area (Å²) < 4.78 is 10.3. The van der Waals surface area contributed by atoms with E-state index in [1.54, 1.807) is 14.2 Å². The first-order valence-electron chi connectivity index (χ1n) is 7.81. The van der Waals surface area contributed by atoms with Gasteiger partial charge >= 0.3 is 5.97 Å². The maximum atomic E-state index is 11.3. The van der Waals surface area contributed by atoms with Crippen molar-refractivity contribution >= 4 is 35.9 Å². The zero-order chi connectivity index (χ0) is 17.1. The Kier molecular flexibility index (Phi) is 12.0. The lowest BCUT2D eigenvalue weighted by molar-refractivity contribution is -0.143. The molecular formula is C17H28IN3O3. The Morgan fingerprint density at radius 2 is 2.04 bits per heavy atom. The van der Waals surface area contributed by atoms with E-state index in [0.29, 0.717) is 32.5 Å². The molecule has 24 heavy (non-hydrogen) atoms. The quantitative estimate of drug-likeness (QED) is 0.218. The van der Waals surface area contributed by atoms with Crippen LogP contribution < -0.4 is 10.1 Å². The highest BCUT2D eigenvalue weighted by Crippen LogP contribution is 2.18. The van der Waals surface area contributed by atoms with E-state index in [4.69, 9.17) is 9.47 Å². The van der Waals surface area contributed by atoms with Crippen molar-refractivity contribution in [2.24, 2.45) is 4.99 Å².